The summed E-state index contributed by atoms with van der Waals surface area (Å²) in [7, 11) is 0. The van der Waals surface area contributed by atoms with Crippen LogP contribution in [0.5, 0.6) is 0 Å². The van der Waals surface area contributed by atoms with E-state index in [9.17, 15) is 0 Å². The molecule has 4 nitrogen and oxygen atoms in total. The van der Waals surface area contributed by atoms with Crippen LogP contribution in [0.15, 0.2) is 6.20 Å². The van der Waals surface area contributed by atoms with Crippen LogP contribution in [-0.4, -0.2) is 29.6 Å². The van der Waals surface area contributed by atoms with Gasteiger partial charge in [-0.25, -0.2) is 9.97 Å². The number of hydrogen-bond acceptors (Lipinski definition) is 4. The molecule has 3 heterocycles. The number of aromatic nitrogens is 2. The lowest BCUT2D eigenvalue weighted by molar-refractivity contribution is 0.443. The second-order valence-electron chi connectivity index (χ2n) is 4.67. The largest absolute Gasteiger partial charge is 0.316 e. The molecule has 0 radical (unpaired) electrons. The van der Waals surface area contributed by atoms with Gasteiger partial charge in [0.05, 0.1) is 0 Å². The quantitative estimate of drug-likeness (QED) is 0.724. The first-order valence-corrected chi connectivity index (χ1v) is 6.19. The average molecular weight is 218 g/mol. The molecule has 1 unspecified atom stereocenters. The van der Waals surface area contributed by atoms with Crippen molar-refractivity contribution in [3.8, 4) is 0 Å². The highest BCUT2D eigenvalue weighted by Gasteiger charge is 2.19. The maximum absolute atomic E-state index is 4.75. The summed E-state index contributed by atoms with van der Waals surface area (Å²) in [5.41, 5.74) is 2.54. The Hall–Kier alpha value is -1.00. The van der Waals surface area contributed by atoms with Crippen LogP contribution in [0.2, 0.25) is 0 Å². The second kappa shape index (κ2) is 4.47. The van der Waals surface area contributed by atoms with E-state index < -0.39 is 0 Å². The number of nitrogens with one attached hydrogen (secondary N) is 2. The van der Waals surface area contributed by atoms with Crippen LogP contribution in [0.25, 0.3) is 0 Å². The predicted octanol–water partition coefficient (Wildman–Crippen LogP) is 0.589. The SMILES string of the molecule is c1nc(C2CCCNC2)nc2c1CNCC2. The molecule has 16 heavy (non-hydrogen) atoms. The Balaban J connectivity index is 1.84. The molecule has 2 aliphatic heterocycles. The van der Waals surface area contributed by atoms with E-state index in [-0.39, 0.29) is 0 Å². The molecule has 1 fully saturated rings. The molecule has 1 aromatic heterocycles. The van der Waals surface area contributed by atoms with Gasteiger partial charge in [-0.3, -0.25) is 0 Å². The van der Waals surface area contributed by atoms with E-state index in [4.69, 9.17) is 4.98 Å². The molecule has 0 spiro atoms. The van der Waals surface area contributed by atoms with Crippen LogP contribution in [0.1, 0.15) is 35.8 Å². The smallest absolute Gasteiger partial charge is 0.132 e. The van der Waals surface area contributed by atoms with Crippen molar-refractivity contribution < 1.29 is 0 Å². The molecule has 86 valence electrons. The minimum Gasteiger partial charge on any atom is -0.316 e. The highest BCUT2D eigenvalue weighted by Crippen LogP contribution is 2.21. The van der Waals surface area contributed by atoms with Gasteiger partial charge >= 0.3 is 0 Å². The summed E-state index contributed by atoms with van der Waals surface area (Å²) in [6.07, 6.45) is 5.53. The molecule has 3 rings (SSSR count). The lowest BCUT2D eigenvalue weighted by Crippen LogP contribution is -2.30. The normalized spacial score (nSPS) is 25.1. The van der Waals surface area contributed by atoms with Crippen molar-refractivity contribution in [1.82, 2.24) is 20.6 Å². The fraction of sp³-hybridized carbons (Fsp3) is 0.667. The summed E-state index contributed by atoms with van der Waals surface area (Å²) >= 11 is 0. The van der Waals surface area contributed by atoms with Crippen molar-refractivity contribution in [1.29, 1.82) is 0 Å². The van der Waals surface area contributed by atoms with Crippen LogP contribution in [0.4, 0.5) is 0 Å². The molecule has 2 N–H and O–H groups in total. The molecule has 0 saturated carbocycles. The van der Waals surface area contributed by atoms with E-state index >= 15 is 0 Å². The van der Waals surface area contributed by atoms with Gasteiger partial charge in [-0.05, 0) is 19.4 Å². The minimum atomic E-state index is 0.522. The Morgan fingerprint density at radius 1 is 1.25 bits per heavy atom. The van der Waals surface area contributed by atoms with Crippen molar-refractivity contribution in [3.05, 3.63) is 23.3 Å². The Morgan fingerprint density at radius 3 is 3.12 bits per heavy atom. The van der Waals surface area contributed by atoms with Gasteiger partial charge in [0.2, 0.25) is 0 Å². The van der Waals surface area contributed by atoms with Crippen molar-refractivity contribution >= 4 is 0 Å². The van der Waals surface area contributed by atoms with E-state index in [2.05, 4.69) is 15.6 Å². The first-order chi connectivity index (χ1) is 7.93. The summed E-state index contributed by atoms with van der Waals surface area (Å²) in [5.74, 6) is 1.57. The fourth-order valence-electron chi connectivity index (χ4n) is 2.52. The molecule has 1 saturated heterocycles. The highest BCUT2D eigenvalue weighted by molar-refractivity contribution is 5.21. The van der Waals surface area contributed by atoms with Crippen LogP contribution in [0.3, 0.4) is 0 Å². The predicted molar refractivity (Wildman–Crippen MR) is 62.3 cm³/mol. The fourth-order valence-corrected chi connectivity index (χ4v) is 2.52. The molecule has 0 bridgehead atoms. The van der Waals surface area contributed by atoms with E-state index in [0.29, 0.717) is 5.92 Å². The number of nitrogens with zero attached hydrogens (tertiary/aromatic N) is 2. The maximum Gasteiger partial charge on any atom is 0.132 e. The zero-order valence-electron chi connectivity index (χ0n) is 9.50. The van der Waals surface area contributed by atoms with Gasteiger partial charge in [0.15, 0.2) is 0 Å². The standard InChI is InChI=1S/C12H18N4/c1-2-9(6-13-4-1)12-15-8-10-7-14-5-3-11(10)16-12/h8-9,13-14H,1-7H2. The summed E-state index contributed by atoms with van der Waals surface area (Å²) < 4.78 is 0. The second-order valence-corrected chi connectivity index (χ2v) is 4.67. The molecular formula is C12H18N4. The monoisotopic (exact) mass is 218 g/mol. The maximum atomic E-state index is 4.75. The topological polar surface area (TPSA) is 49.8 Å². The van der Waals surface area contributed by atoms with E-state index in [1.165, 1.54) is 24.1 Å². The average Bonchev–Trinajstić information content (AvgIpc) is 2.39. The lowest BCUT2D eigenvalue weighted by Gasteiger charge is -2.23. The molecule has 4 heteroatoms. The van der Waals surface area contributed by atoms with E-state index in [1.54, 1.807) is 0 Å². The van der Waals surface area contributed by atoms with Crippen molar-refractivity contribution in [2.45, 2.75) is 31.7 Å². The van der Waals surface area contributed by atoms with Crippen molar-refractivity contribution in [2.24, 2.45) is 0 Å². The molecule has 0 aliphatic carbocycles. The first-order valence-electron chi connectivity index (χ1n) is 6.19. The summed E-state index contributed by atoms with van der Waals surface area (Å²) in [4.78, 5) is 9.27. The Kier molecular flexibility index (Phi) is 2.84. The van der Waals surface area contributed by atoms with E-state index in [0.717, 1.165) is 38.4 Å². The van der Waals surface area contributed by atoms with Crippen LogP contribution < -0.4 is 10.6 Å². The third kappa shape index (κ3) is 1.95. The van der Waals surface area contributed by atoms with Gasteiger partial charge < -0.3 is 10.6 Å². The zero-order chi connectivity index (χ0) is 10.8. The van der Waals surface area contributed by atoms with Crippen molar-refractivity contribution in [3.63, 3.8) is 0 Å². The molecule has 1 atom stereocenters. The third-order valence-electron chi connectivity index (χ3n) is 3.49. The van der Waals surface area contributed by atoms with Gasteiger partial charge in [-0.15, -0.1) is 0 Å². The molecule has 0 amide bonds. The number of hydrogen-bond donors (Lipinski definition) is 2. The lowest BCUT2D eigenvalue weighted by atomic mass is 9.98. The molecular weight excluding hydrogens is 200 g/mol. The zero-order valence-corrected chi connectivity index (χ0v) is 9.50. The first kappa shape index (κ1) is 10.2. The van der Waals surface area contributed by atoms with Gasteiger partial charge in [-0.2, -0.15) is 0 Å². The minimum absolute atomic E-state index is 0.522. The Bertz CT molecular complexity index is 371. The van der Waals surface area contributed by atoms with Gasteiger partial charge in [0, 0.05) is 49.4 Å². The molecule has 1 aromatic rings. The summed E-state index contributed by atoms with van der Waals surface area (Å²) in [5, 5.41) is 6.77. The number of piperidine rings is 1. The number of rotatable bonds is 1. The van der Waals surface area contributed by atoms with Gasteiger partial charge in [0.1, 0.15) is 5.82 Å². The number of fused-ring (bicyclic) bond motifs is 1. The molecule has 2 aliphatic rings. The Labute approximate surface area is 95.9 Å². The van der Waals surface area contributed by atoms with Gasteiger partial charge in [0.25, 0.3) is 0 Å². The highest BCUT2D eigenvalue weighted by atomic mass is 15.0. The van der Waals surface area contributed by atoms with Crippen LogP contribution in [0, 0.1) is 0 Å². The van der Waals surface area contributed by atoms with Crippen LogP contribution >= 0.6 is 0 Å². The summed E-state index contributed by atoms with van der Waals surface area (Å²) in [6, 6.07) is 0. The van der Waals surface area contributed by atoms with Crippen molar-refractivity contribution in [2.75, 3.05) is 19.6 Å². The Morgan fingerprint density at radius 2 is 2.25 bits per heavy atom. The third-order valence-corrected chi connectivity index (χ3v) is 3.49. The van der Waals surface area contributed by atoms with Gasteiger partial charge in [-0.1, -0.05) is 0 Å². The molecule has 0 aromatic carbocycles. The summed E-state index contributed by atoms with van der Waals surface area (Å²) in [6.45, 7) is 4.16. The van der Waals surface area contributed by atoms with Crippen LogP contribution in [-0.2, 0) is 13.0 Å². The van der Waals surface area contributed by atoms with E-state index in [1.807, 2.05) is 6.20 Å².